The maximum atomic E-state index is 8.17. The second-order valence-corrected chi connectivity index (χ2v) is 2.56. The predicted molar refractivity (Wildman–Crippen MR) is 67.1 cm³/mol. The van der Waals surface area contributed by atoms with Gasteiger partial charge in [-0.15, -0.1) is 6.58 Å². The Morgan fingerprint density at radius 2 is 1.50 bits per heavy atom. The zero-order chi connectivity index (χ0) is 13.2. The average Bonchev–Trinajstić information content (AvgIpc) is 2.30. The summed E-state index contributed by atoms with van der Waals surface area (Å²) in [6.07, 6.45) is 8.06. The van der Waals surface area contributed by atoms with Crippen molar-refractivity contribution in [3.63, 3.8) is 0 Å². The molecule has 0 fully saturated rings. The molecule has 0 rings (SSSR count). The normalized spacial score (nSPS) is 9.69. The molecule has 0 aromatic heterocycles. The SMILES string of the molecule is C/C=C/C=C/CO.C=CC.OCC(O)CO. The summed E-state index contributed by atoms with van der Waals surface area (Å²) in [5.41, 5.74) is 0. The van der Waals surface area contributed by atoms with Gasteiger partial charge in [0.1, 0.15) is 6.10 Å². The lowest BCUT2D eigenvalue weighted by molar-refractivity contribution is 0.0450. The quantitative estimate of drug-likeness (QED) is 0.423. The Morgan fingerprint density at radius 3 is 1.69 bits per heavy atom. The molecule has 0 aromatic carbocycles. The molecule has 0 spiro atoms. The van der Waals surface area contributed by atoms with Crippen molar-refractivity contribution in [1.29, 1.82) is 0 Å². The fraction of sp³-hybridized carbons (Fsp3) is 0.500. The van der Waals surface area contributed by atoms with Crippen LogP contribution in [0.25, 0.3) is 0 Å². The number of aliphatic hydroxyl groups is 4. The van der Waals surface area contributed by atoms with Gasteiger partial charge < -0.3 is 20.4 Å². The Kier molecular flexibility index (Phi) is 30.3. The van der Waals surface area contributed by atoms with Crippen LogP contribution in [-0.4, -0.2) is 46.4 Å². The smallest absolute Gasteiger partial charge is 0.100 e. The molecular formula is C12H24O4. The summed E-state index contributed by atoms with van der Waals surface area (Å²) in [5.74, 6) is 0. The van der Waals surface area contributed by atoms with E-state index in [4.69, 9.17) is 20.4 Å². The van der Waals surface area contributed by atoms with Crippen molar-refractivity contribution < 1.29 is 20.4 Å². The molecule has 4 N–H and O–H groups in total. The maximum absolute atomic E-state index is 8.17. The lowest BCUT2D eigenvalue weighted by Gasteiger charge is -1.96. The van der Waals surface area contributed by atoms with Gasteiger partial charge in [0.05, 0.1) is 19.8 Å². The number of hydrogen-bond donors (Lipinski definition) is 4. The van der Waals surface area contributed by atoms with Crippen LogP contribution in [0.15, 0.2) is 37.0 Å². The standard InChI is InChI=1S/C6H10O.C3H8O3.C3H6/c1-2-3-4-5-6-7;4-1-3(6)2-5;1-3-2/h2-5,7H,6H2,1H3;3-6H,1-2H2;3H,1H2,2H3/b3-2+,5-4+;;. The monoisotopic (exact) mass is 232 g/mol. The van der Waals surface area contributed by atoms with Gasteiger partial charge in [-0.2, -0.15) is 0 Å². The van der Waals surface area contributed by atoms with E-state index < -0.39 is 6.10 Å². The summed E-state index contributed by atoms with van der Waals surface area (Å²) in [6, 6.07) is 0. The van der Waals surface area contributed by atoms with Gasteiger partial charge in [0.15, 0.2) is 0 Å². The second kappa shape index (κ2) is 23.7. The van der Waals surface area contributed by atoms with Crippen LogP contribution >= 0.6 is 0 Å². The minimum atomic E-state index is -0.954. The van der Waals surface area contributed by atoms with Crippen molar-refractivity contribution in [2.24, 2.45) is 0 Å². The zero-order valence-corrected chi connectivity index (χ0v) is 10.1. The first kappa shape index (κ1) is 20.5. The van der Waals surface area contributed by atoms with Gasteiger partial charge in [-0.1, -0.05) is 30.4 Å². The first-order valence-corrected chi connectivity index (χ1v) is 4.99. The van der Waals surface area contributed by atoms with Crippen molar-refractivity contribution in [3.8, 4) is 0 Å². The van der Waals surface area contributed by atoms with Crippen molar-refractivity contribution >= 4 is 0 Å². The Balaban J connectivity index is -0.000000172. The van der Waals surface area contributed by atoms with E-state index in [0.29, 0.717) is 0 Å². The van der Waals surface area contributed by atoms with Crippen LogP contribution in [0.5, 0.6) is 0 Å². The molecule has 0 saturated carbocycles. The van der Waals surface area contributed by atoms with E-state index in [-0.39, 0.29) is 19.8 Å². The molecule has 0 amide bonds. The van der Waals surface area contributed by atoms with Gasteiger partial charge >= 0.3 is 0 Å². The van der Waals surface area contributed by atoms with Crippen molar-refractivity contribution in [2.75, 3.05) is 19.8 Å². The third-order valence-corrected chi connectivity index (χ3v) is 0.967. The first-order chi connectivity index (χ1) is 7.64. The Hall–Kier alpha value is -0.940. The van der Waals surface area contributed by atoms with Crippen LogP contribution in [0.2, 0.25) is 0 Å². The van der Waals surface area contributed by atoms with Gasteiger partial charge in [-0.25, -0.2) is 0 Å². The highest BCUT2D eigenvalue weighted by Gasteiger charge is 1.93. The molecule has 0 heterocycles. The zero-order valence-electron chi connectivity index (χ0n) is 10.1. The van der Waals surface area contributed by atoms with Gasteiger partial charge in [0, 0.05) is 0 Å². The molecule has 0 aliphatic heterocycles. The Bertz CT molecular complexity index is 160. The molecular weight excluding hydrogens is 208 g/mol. The van der Waals surface area contributed by atoms with Crippen molar-refractivity contribution in [2.45, 2.75) is 20.0 Å². The van der Waals surface area contributed by atoms with Crippen LogP contribution in [-0.2, 0) is 0 Å². The second-order valence-electron chi connectivity index (χ2n) is 2.56. The molecule has 0 atom stereocenters. The number of aliphatic hydroxyl groups excluding tert-OH is 4. The third kappa shape index (κ3) is 38.1. The van der Waals surface area contributed by atoms with Gasteiger partial charge in [-0.05, 0) is 13.8 Å². The number of allylic oxidation sites excluding steroid dienone is 4. The highest BCUT2D eigenvalue weighted by atomic mass is 16.3. The van der Waals surface area contributed by atoms with E-state index in [1.165, 1.54) is 0 Å². The van der Waals surface area contributed by atoms with Crippen LogP contribution in [0.3, 0.4) is 0 Å². The molecule has 4 heteroatoms. The fourth-order valence-electron chi connectivity index (χ4n) is 0.308. The van der Waals surface area contributed by atoms with E-state index in [0.717, 1.165) is 0 Å². The minimum Gasteiger partial charge on any atom is -0.394 e. The Labute approximate surface area is 97.9 Å². The highest BCUT2D eigenvalue weighted by molar-refractivity contribution is 5.00. The van der Waals surface area contributed by atoms with E-state index in [1.807, 2.05) is 26.0 Å². The summed E-state index contributed by atoms with van der Waals surface area (Å²) >= 11 is 0. The molecule has 0 bridgehead atoms. The van der Waals surface area contributed by atoms with Crippen LogP contribution in [0.1, 0.15) is 13.8 Å². The average molecular weight is 232 g/mol. The molecule has 96 valence electrons. The molecule has 16 heavy (non-hydrogen) atoms. The number of rotatable bonds is 4. The van der Waals surface area contributed by atoms with E-state index in [9.17, 15) is 0 Å². The van der Waals surface area contributed by atoms with Crippen LogP contribution in [0.4, 0.5) is 0 Å². The van der Waals surface area contributed by atoms with E-state index >= 15 is 0 Å². The molecule has 0 saturated heterocycles. The van der Waals surface area contributed by atoms with E-state index in [1.54, 1.807) is 18.2 Å². The summed E-state index contributed by atoms with van der Waals surface area (Å²) in [7, 11) is 0. The molecule has 0 aliphatic carbocycles. The van der Waals surface area contributed by atoms with E-state index in [2.05, 4.69) is 6.58 Å². The molecule has 4 nitrogen and oxygen atoms in total. The van der Waals surface area contributed by atoms with Gasteiger partial charge in [0.25, 0.3) is 0 Å². The molecule has 0 aliphatic rings. The predicted octanol–water partition coefficient (Wildman–Crippen LogP) is 0.635. The fourth-order valence-corrected chi connectivity index (χ4v) is 0.308. The van der Waals surface area contributed by atoms with Crippen LogP contribution < -0.4 is 0 Å². The summed E-state index contributed by atoms with van der Waals surface area (Å²) in [5, 5.41) is 32.2. The topological polar surface area (TPSA) is 80.9 Å². The summed E-state index contributed by atoms with van der Waals surface area (Å²) < 4.78 is 0. The van der Waals surface area contributed by atoms with Crippen molar-refractivity contribution in [1.82, 2.24) is 0 Å². The van der Waals surface area contributed by atoms with Crippen LogP contribution in [0, 0.1) is 0 Å². The third-order valence-electron chi connectivity index (χ3n) is 0.967. The molecule has 0 aromatic rings. The maximum Gasteiger partial charge on any atom is 0.100 e. The molecule has 0 radical (unpaired) electrons. The molecule has 0 unspecified atom stereocenters. The summed E-state index contributed by atoms with van der Waals surface area (Å²) in [6.45, 7) is 6.58. The Morgan fingerprint density at radius 1 is 1.06 bits per heavy atom. The highest BCUT2D eigenvalue weighted by Crippen LogP contribution is 1.72. The largest absolute Gasteiger partial charge is 0.394 e. The first-order valence-electron chi connectivity index (χ1n) is 4.99. The number of hydrogen-bond acceptors (Lipinski definition) is 4. The van der Waals surface area contributed by atoms with Gasteiger partial charge in [0.2, 0.25) is 0 Å². The lowest BCUT2D eigenvalue weighted by Crippen LogP contribution is -2.15. The van der Waals surface area contributed by atoms with Gasteiger partial charge in [-0.3, -0.25) is 0 Å². The van der Waals surface area contributed by atoms with Crippen molar-refractivity contribution in [3.05, 3.63) is 37.0 Å². The summed E-state index contributed by atoms with van der Waals surface area (Å²) in [4.78, 5) is 0. The lowest BCUT2D eigenvalue weighted by atomic mass is 10.4. The minimum absolute atomic E-state index is 0.129.